The van der Waals surface area contributed by atoms with E-state index in [1.165, 1.54) is 17.5 Å². The van der Waals surface area contributed by atoms with Gasteiger partial charge < -0.3 is 14.0 Å². The van der Waals surface area contributed by atoms with Gasteiger partial charge >= 0.3 is 0 Å². The summed E-state index contributed by atoms with van der Waals surface area (Å²) in [7, 11) is 1.68. The van der Waals surface area contributed by atoms with Crippen LogP contribution in [0, 0.1) is 13.8 Å². The van der Waals surface area contributed by atoms with E-state index in [1.807, 2.05) is 26.8 Å². The van der Waals surface area contributed by atoms with E-state index in [0.29, 0.717) is 12.6 Å². The molecular weight excluding hydrogens is 304 g/mol. The lowest BCUT2D eigenvalue weighted by atomic mass is 10.0. The monoisotopic (exact) mass is 330 g/mol. The Labute approximate surface area is 143 Å². The van der Waals surface area contributed by atoms with Crippen molar-refractivity contribution in [3.8, 4) is 11.5 Å². The van der Waals surface area contributed by atoms with E-state index >= 15 is 0 Å². The van der Waals surface area contributed by atoms with E-state index in [-0.39, 0.29) is 0 Å². The van der Waals surface area contributed by atoms with Crippen LogP contribution in [-0.2, 0) is 6.54 Å². The third kappa shape index (κ3) is 3.26. The fraction of sp³-hybridized carbons (Fsp3) is 0.526. The Morgan fingerprint density at radius 3 is 2.79 bits per heavy atom. The van der Waals surface area contributed by atoms with Gasteiger partial charge in [0.15, 0.2) is 11.5 Å². The minimum absolute atomic E-state index is 0.383. The molecule has 3 rings (SSSR count). The number of nitrogens with zero attached hydrogens (tertiary/aromatic N) is 2. The van der Waals surface area contributed by atoms with Gasteiger partial charge in [0.05, 0.1) is 19.4 Å². The topological polar surface area (TPSA) is 47.7 Å². The second-order valence-corrected chi connectivity index (χ2v) is 6.28. The average Bonchev–Trinajstić information content (AvgIpc) is 3.15. The molecule has 1 aromatic heterocycles. The standard InChI is InChI=1S/C19H26N2O3/c1-5-23-17-9-8-15(11-18(17)22-4)12-21-10-6-7-16(21)19-13(2)20-24-14(19)3/h8-9,11,16H,5-7,10,12H2,1-4H3/t16-/m0/s1. The van der Waals surface area contributed by atoms with Crippen LogP contribution in [0.4, 0.5) is 0 Å². The third-order valence-electron chi connectivity index (χ3n) is 4.70. The van der Waals surface area contributed by atoms with Gasteiger partial charge in [-0.3, -0.25) is 4.90 Å². The summed E-state index contributed by atoms with van der Waals surface area (Å²) >= 11 is 0. The van der Waals surface area contributed by atoms with Crippen LogP contribution in [0.2, 0.25) is 0 Å². The summed E-state index contributed by atoms with van der Waals surface area (Å²) < 4.78 is 16.4. The Morgan fingerprint density at radius 2 is 2.12 bits per heavy atom. The Kier molecular flexibility index (Phi) is 5.09. The van der Waals surface area contributed by atoms with E-state index in [1.54, 1.807) is 7.11 Å². The molecule has 2 aromatic rings. The van der Waals surface area contributed by atoms with Crippen LogP contribution >= 0.6 is 0 Å². The molecule has 0 amide bonds. The van der Waals surface area contributed by atoms with Crippen molar-refractivity contribution in [3.05, 3.63) is 40.8 Å². The predicted octanol–water partition coefficient (Wildman–Crippen LogP) is 4.04. The molecule has 1 aliphatic heterocycles. The van der Waals surface area contributed by atoms with Crippen molar-refractivity contribution >= 4 is 0 Å². The predicted molar refractivity (Wildman–Crippen MR) is 92.5 cm³/mol. The summed E-state index contributed by atoms with van der Waals surface area (Å²) in [5.41, 5.74) is 3.49. The van der Waals surface area contributed by atoms with Gasteiger partial charge in [-0.1, -0.05) is 11.2 Å². The molecule has 0 saturated carbocycles. The molecule has 0 N–H and O–H groups in total. The number of rotatable bonds is 6. The molecule has 0 radical (unpaired) electrons. The number of hydrogen-bond donors (Lipinski definition) is 0. The zero-order valence-corrected chi connectivity index (χ0v) is 15.0. The highest BCUT2D eigenvalue weighted by atomic mass is 16.5. The van der Waals surface area contributed by atoms with Gasteiger partial charge in [-0.15, -0.1) is 0 Å². The lowest BCUT2D eigenvalue weighted by Gasteiger charge is -2.25. The molecule has 1 aliphatic rings. The number of aromatic nitrogens is 1. The lowest BCUT2D eigenvalue weighted by Crippen LogP contribution is -2.23. The molecule has 130 valence electrons. The largest absolute Gasteiger partial charge is 0.493 e. The van der Waals surface area contributed by atoms with Crippen molar-refractivity contribution in [2.24, 2.45) is 0 Å². The average molecular weight is 330 g/mol. The first kappa shape index (κ1) is 16.8. The molecule has 24 heavy (non-hydrogen) atoms. The fourth-order valence-electron chi connectivity index (χ4n) is 3.63. The summed E-state index contributed by atoms with van der Waals surface area (Å²) in [6, 6.07) is 6.58. The van der Waals surface area contributed by atoms with Crippen LogP contribution in [-0.4, -0.2) is 30.3 Å². The summed E-state index contributed by atoms with van der Waals surface area (Å²) in [5.74, 6) is 2.53. The summed E-state index contributed by atoms with van der Waals surface area (Å²) in [6.07, 6.45) is 2.35. The second-order valence-electron chi connectivity index (χ2n) is 6.28. The lowest BCUT2D eigenvalue weighted by molar-refractivity contribution is 0.245. The van der Waals surface area contributed by atoms with E-state index < -0.39 is 0 Å². The van der Waals surface area contributed by atoms with Gasteiger partial charge in [-0.05, 0) is 57.9 Å². The van der Waals surface area contributed by atoms with Crippen LogP contribution < -0.4 is 9.47 Å². The first-order chi connectivity index (χ1) is 11.6. The molecule has 1 aromatic carbocycles. The van der Waals surface area contributed by atoms with Gasteiger partial charge in [0.1, 0.15) is 5.76 Å². The first-order valence-corrected chi connectivity index (χ1v) is 8.60. The van der Waals surface area contributed by atoms with E-state index in [4.69, 9.17) is 14.0 Å². The Morgan fingerprint density at radius 1 is 1.29 bits per heavy atom. The van der Waals surface area contributed by atoms with Crippen molar-refractivity contribution < 1.29 is 14.0 Å². The molecule has 0 bridgehead atoms. The van der Waals surface area contributed by atoms with Crippen molar-refractivity contribution in [3.63, 3.8) is 0 Å². The summed E-state index contributed by atoms with van der Waals surface area (Å²) in [6.45, 7) is 8.62. The number of benzene rings is 1. The maximum Gasteiger partial charge on any atom is 0.161 e. The summed E-state index contributed by atoms with van der Waals surface area (Å²) in [4.78, 5) is 2.50. The molecule has 0 aliphatic carbocycles. The van der Waals surface area contributed by atoms with E-state index in [2.05, 4.69) is 22.2 Å². The maximum absolute atomic E-state index is 5.61. The highest BCUT2D eigenvalue weighted by Crippen LogP contribution is 2.37. The molecule has 2 heterocycles. The number of aryl methyl sites for hydroxylation is 2. The van der Waals surface area contributed by atoms with Gasteiger partial charge in [0, 0.05) is 18.2 Å². The molecule has 5 heteroatoms. The Balaban J connectivity index is 1.80. The van der Waals surface area contributed by atoms with Gasteiger partial charge in [-0.25, -0.2) is 0 Å². The molecule has 5 nitrogen and oxygen atoms in total. The SMILES string of the molecule is CCOc1ccc(CN2CCC[C@H]2c2c(C)noc2C)cc1OC. The molecular formula is C19H26N2O3. The van der Waals surface area contributed by atoms with Gasteiger partial charge in [0.2, 0.25) is 0 Å². The van der Waals surface area contributed by atoms with Crippen LogP contribution in [0.3, 0.4) is 0 Å². The Bertz CT molecular complexity index is 676. The first-order valence-electron chi connectivity index (χ1n) is 8.60. The number of ether oxygens (including phenoxy) is 2. The maximum atomic E-state index is 5.61. The van der Waals surface area contributed by atoms with Crippen molar-refractivity contribution in [1.29, 1.82) is 0 Å². The van der Waals surface area contributed by atoms with Crippen molar-refractivity contribution in [2.75, 3.05) is 20.3 Å². The minimum Gasteiger partial charge on any atom is -0.493 e. The highest BCUT2D eigenvalue weighted by Gasteiger charge is 2.30. The number of methoxy groups -OCH3 is 1. The molecule has 1 fully saturated rings. The zero-order valence-electron chi connectivity index (χ0n) is 15.0. The molecule has 1 saturated heterocycles. The van der Waals surface area contributed by atoms with Gasteiger partial charge in [-0.2, -0.15) is 0 Å². The molecule has 0 spiro atoms. The van der Waals surface area contributed by atoms with E-state index in [0.717, 1.165) is 42.5 Å². The number of hydrogen-bond acceptors (Lipinski definition) is 5. The zero-order chi connectivity index (χ0) is 17.1. The smallest absolute Gasteiger partial charge is 0.161 e. The molecule has 0 unspecified atom stereocenters. The third-order valence-corrected chi connectivity index (χ3v) is 4.70. The highest BCUT2D eigenvalue weighted by molar-refractivity contribution is 5.43. The minimum atomic E-state index is 0.383. The quantitative estimate of drug-likeness (QED) is 0.800. The Hall–Kier alpha value is -2.01. The van der Waals surface area contributed by atoms with Crippen LogP contribution in [0.15, 0.2) is 22.7 Å². The van der Waals surface area contributed by atoms with Crippen molar-refractivity contribution in [2.45, 2.75) is 46.2 Å². The van der Waals surface area contributed by atoms with Gasteiger partial charge in [0.25, 0.3) is 0 Å². The van der Waals surface area contributed by atoms with Crippen LogP contribution in [0.1, 0.15) is 48.4 Å². The van der Waals surface area contributed by atoms with Crippen molar-refractivity contribution in [1.82, 2.24) is 10.1 Å². The van der Waals surface area contributed by atoms with Crippen LogP contribution in [0.25, 0.3) is 0 Å². The normalized spacial score (nSPS) is 18.1. The number of likely N-dealkylation sites (tertiary alicyclic amines) is 1. The fourth-order valence-corrected chi connectivity index (χ4v) is 3.63. The second kappa shape index (κ2) is 7.26. The molecule has 1 atom stereocenters. The van der Waals surface area contributed by atoms with E-state index in [9.17, 15) is 0 Å². The van der Waals surface area contributed by atoms with Crippen LogP contribution in [0.5, 0.6) is 11.5 Å². The summed E-state index contributed by atoms with van der Waals surface area (Å²) in [5, 5.41) is 4.12.